The predicted octanol–water partition coefficient (Wildman–Crippen LogP) is 4.29. The number of rotatable bonds is 5. The fourth-order valence-corrected chi connectivity index (χ4v) is 4.64. The van der Waals surface area contributed by atoms with E-state index in [1.807, 2.05) is 30.5 Å². The van der Waals surface area contributed by atoms with Crippen molar-refractivity contribution in [2.24, 2.45) is 0 Å². The van der Waals surface area contributed by atoms with Crippen LogP contribution in [0.4, 0.5) is 21.6 Å². The second kappa shape index (κ2) is 10.0. The molecule has 8 nitrogen and oxygen atoms in total. The molecule has 0 bridgehead atoms. The SMILES string of the molecule is Cc1cc(Nc2ncnc3ccc(N4CCNCC4)c(F)c23)ccc1Cc1ccn2ncnc2c1.Cl. The Morgan fingerprint density at radius 3 is 2.69 bits per heavy atom. The first-order valence-corrected chi connectivity index (χ1v) is 11.7. The molecule has 1 fully saturated rings. The number of hydrogen-bond acceptors (Lipinski definition) is 7. The molecular weight excluding hydrogens is 479 g/mol. The molecule has 0 atom stereocenters. The first-order chi connectivity index (χ1) is 17.2. The highest BCUT2D eigenvalue weighted by atomic mass is 35.5. The Bertz CT molecular complexity index is 1530. The second-order valence-corrected chi connectivity index (χ2v) is 8.79. The van der Waals surface area contributed by atoms with E-state index in [2.05, 4.69) is 60.7 Å². The van der Waals surface area contributed by atoms with Crippen molar-refractivity contribution in [1.82, 2.24) is 29.9 Å². The standard InChI is InChI=1S/C26H25FN8.ClH/c1-17-12-20(3-2-19(17)13-18-6-9-35-23(14-18)30-16-32-35)33-26-24-21(29-15-31-26)4-5-22(25(24)27)34-10-7-28-8-11-34;/h2-6,9,12,14-16,28H,7-8,10-11,13H2,1H3,(H,29,31,33);1H. The van der Waals surface area contributed by atoms with Gasteiger partial charge in [0.15, 0.2) is 11.5 Å². The fourth-order valence-electron chi connectivity index (χ4n) is 4.64. The van der Waals surface area contributed by atoms with Crippen molar-refractivity contribution < 1.29 is 4.39 Å². The Morgan fingerprint density at radius 2 is 1.86 bits per heavy atom. The van der Waals surface area contributed by atoms with Crippen LogP contribution in [0.3, 0.4) is 0 Å². The minimum Gasteiger partial charge on any atom is -0.367 e. The number of hydrogen-bond donors (Lipinski definition) is 2. The summed E-state index contributed by atoms with van der Waals surface area (Å²) in [6, 6.07) is 13.9. The maximum absolute atomic E-state index is 15.7. The van der Waals surface area contributed by atoms with Crippen LogP contribution in [0.5, 0.6) is 0 Å². The zero-order valence-electron chi connectivity index (χ0n) is 19.8. The van der Waals surface area contributed by atoms with Gasteiger partial charge in [-0.2, -0.15) is 5.10 Å². The molecule has 1 aliphatic heterocycles. The molecule has 0 radical (unpaired) electrons. The van der Waals surface area contributed by atoms with E-state index in [-0.39, 0.29) is 18.2 Å². The average Bonchev–Trinajstić information content (AvgIpc) is 3.35. The quantitative estimate of drug-likeness (QED) is 0.369. The number of nitrogens with zero attached hydrogens (tertiary/aromatic N) is 6. The zero-order valence-corrected chi connectivity index (χ0v) is 20.6. The molecule has 4 heterocycles. The van der Waals surface area contributed by atoms with Crippen LogP contribution in [0.1, 0.15) is 16.7 Å². The van der Waals surface area contributed by atoms with E-state index >= 15 is 4.39 Å². The summed E-state index contributed by atoms with van der Waals surface area (Å²) in [6.07, 6.45) is 5.73. The van der Waals surface area contributed by atoms with E-state index < -0.39 is 0 Å². The minimum absolute atomic E-state index is 0. The maximum atomic E-state index is 15.7. The van der Waals surface area contributed by atoms with Crippen LogP contribution in [0.25, 0.3) is 16.6 Å². The molecule has 3 aromatic heterocycles. The Morgan fingerprint density at radius 1 is 1.00 bits per heavy atom. The van der Waals surface area contributed by atoms with Gasteiger partial charge in [0.2, 0.25) is 0 Å². The molecule has 5 aromatic rings. The van der Waals surface area contributed by atoms with Crippen molar-refractivity contribution >= 4 is 46.1 Å². The highest BCUT2D eigenvalue weighted by molar-refractivity contribution is 5.94. The molecule has 36 heavy (non-hydrogen) atoms. The summed E-state index contributed by atoms with van der Waals surface area (Å²) in [4.78, 5) is 15.0. The van der Waals surface area contributed by atoms with Gasteiger partial charge < -0.3 is 15.5 Å². The van der Waals surface area contributed by atoms with Crippen molar-refractivity contribution in [2.45, 2.75) is 13.3 Å². The van der Waals surface area contributed by atoms with Crippen molar-refractivity contribution in [3.8, 4) is 0 Å². The summed E-state index contributed by atoms with van der Waals surface area (Å²) in [5.74, 6) is 0.179. The summed E-state index contributed by atoms with van der Waals surface area (Å²) in [5, 5.41) is 11.2. The van der Waals surface area contributed by atoms with Gasteiger partial charge in [-0.1, -0.05) is 6.07 Å². The Kier molecular flexibility index (Phi) is 6.67. The van der Waals surface area contributed by atoms with Gasteiger partial charge in [0.25, 0.3) is 0 Å². The molecule has 1 saturated heterocycles. The number of pyridine rings is 1. The smallest absolute Gasteiger partial charge is 0.159 e. The molecule has 2 N–H and O–H groups in total. The molecule has 6 rings (SSSR count). The van der Waals surface area contributed by atoms with Gasteiger partial charge in [0.1, 0.15) is 18.5 Å². The van der Waals surface area contributed by atoms with Crippen molar-refractivity contribution in [3.63, 3.8) is 0 Å². The summed E-state index contributed by atoms with van der Waals surface area (Å²) in [5.41, 5.74) is 6.36. The van der Waals surface area contributed by atoms with Crippen LogP contribution in [0, 0.1) is 12.7 Å². The van der Waals surface area contributed by atoms with Crippen LogP contribution in [-0.2, 0) is 6.42 Å². The number of benzene rings is 2. The van der Waals surface area contributed by atoms with Gasteiger partial charge >= 0.3 is 0 Å². The third-order valence-corrected chi connectivity index (χ3v) is 6.52. The van der Waals surface area contributed by atoms with Crippen molar-refractivity contribution in [3.05, 3.63) is 83.8 Å². The third-order valence-electron chi connectivity index (χ3n) is 6.52. The lowest BCUT2D eigenvalue weighted by Crippen LogP contribution is -2.43. The highest BCUT2D eigenvalue weighted by Gasteiger charge is 2.19. The molecule has 0 spiro atoms. The van der Waals surface area contributed by atoms with Gasteiger partial charge in [0, 0.05) is 38.1 Å². The van der Waals surface area contributed by atoms with E-state index in [1.54, 1.807) is 10.8 Å². The molecule has 0 unspecified atom stereocenters. The minimum atomic E-state index is -0.287. The monoisotopic (exact) mass is 504 g/mol. The van der Waals surface area contributed by atoms with Crippen LogP contribution < -0.4 is 15.5 Å². The molecule has 10 heteroatoms. The number of piperazine rings is 1. The zero-order chi connectivity index (χ0) is 23.8. The molecular formula is C26H26ClFN8. The second-order valence-electron chi connectivity index (χ2n) is 8.79. The number of aryl methyl sites for hydroxylation is 1. The van der Waals surface area contributed by atoms with Crippen LogP contribution in [0.15, 0.2) is 61.3 Å². The number of fused-ring (bicyclic) bond motifs is 2. The topological polar surface area (TPSA) is 83.3 Å². The van der Waals surface area contributed by atoms with Gasteiger partial charge in [-0.3, -0.25) is 0 Å². The maximum Gasteiger partial charge on any atom is 0.159 e. The molecule has 0 amide bonds. The van der Waals surface area contributed by atoms with Crippen molar-refractivity contribution in [2.75, 3.05) is 36.4 Å². The van der Waals surface area contributed by atoms with Gasteiger partial charge in [-0.25, -0.2) is 23.9 Å². The fraction of sp³-hybridized carbons (Fsp3) is 0.231. The van der Waals surface area contributed by atoms with E-state index in [0.29, 0.717) is 22.4 Å². The summed E-state index contributed by atoms with van der Waals surface area (Å²) in [7, 11) is 0. The summed E-state index contributed by atoms with van der Waals surface area (Å²) >= 11 is 0. The lowest BCUT2D eigenvalue weighted by atomic mass is 10.0. The largest absolute Gasteiger partial charge is 0.367 e. The normalized spacial score (nSPS) is 13.7. The van der Waals surface area contributed by atoms with Crippen molar-refractivity contribution in [1.29, 1.82) is 0 Å². The lowest BCUT2D eigenvalue weighted by Gasteiger charge is -2.30. The molecule has 0 aliphatic carbocycles. The van der Waals surface area contributed by atoms with E-state index in [4.69, 9.17) is 0 Å². The predicted molar refractivity (Wildman–Crippen MR) is 142 cm³/mol. The number of aromatic nitrogens is 5. The van der Waals surface area contributed by atoms with E-state index in [9.17, 15) is 0 Å². The first-order valence-electron chi connectivity index (χ1n) is 11.7. The van der Waals surface area contributed by atoms with Gasteiger partial charge in [-0.05, 0) is 66.4 Å². The Labute approximate surface area is 214 Å². The van der Waals surface area contributed by atoms with Crippen LogP contribution in [-0.4, -0.2) is 50.7 Å². The lowest BCUT2D eigenvalue weighted by molar-refractivity contribution is 0.570. The molecule has 2 aromatic carbocycles. The molecule has 184 valence electrons. The van der Waals surface area contributed by atoms with Crippen LogP contribution >= 0.6 is 12.4 Å². The van der Waals surface area contributed by atoms with E-state index in [0.717, 1.165) is 49.5 Å². The molecule has 1 aliphatic rings. The van der Waals surface area contributed by atoms with Gasteiger partial charge in [-0.15, -0.1) is 12.4 Å². The Balaban J connectivity index is 0.00000267. The number of anilines is 3. The Hall–Kier alpha value is -3.82. The number of nitrogens with one attached hydrogen (secondary N) is 2. The number of halogens is 2. The first kappa shape index (κ1) is 23.9. The third kappa shape index (κ3) is 4.55. The average molecular weight is 505 g/mol. The molecule has 0 saturated carbocycles. The van der Waals surface area contributed by atoms with Gasteiger partial charge in [0.05, 0.1) is 16.6 Å². The summed E-state index contributed by atoms with van der Waals surface area (Å²) in [6.45, 7) is 5.29. The highest BCUT2D eigenvalue weighted by Crippen LogP contribution is 2.32. The van der Waals surface area contributed by atoms with E-state index in [1.165, 1.54) is 17.5 Å². The van der Waals surface area contributed by atoms with Crippen LogP contribution in [0.2, 0.25) is 0 Å². The summed E-state index contributed by atoms with van der Waals surface area (Å²) < 4.78 is 17.4.